The van der Waals surface area contributed by atoms with Gasteiger partial charge in [-0.05, 0) is 41.8 Å². The molecule has 0 heterocycles. The third-order valence-electron chi connectivity index (χ3n) is 3.36. The first kappa shape index (κ1) is 15.7. The largest absolute Gasteiger partial charge is 0.493 e. The van der Waals surface area contributed by atoms with Crippen molar-refractivity contribution in [3.05, 3.63) is 58.6 Å². The molecule has 0 aliphatic rings. The summed E-state index contributed by atoms with van der Waals surface area (Å²) in [5.41, 5.74) is 8.03. The highest BCUT2D eigenvalue weighted by molar-refractivity contribution is 6.30. The maximum atomic E-state index is 6.02. The number of halogens is 1. The van der Waals surface area contributed by atoms with Crippen molar-refractivity contribution in [2.24, 2.45) is 5.73 Å². The van der Waals surface area contributed by atoms with Crippen LogP contribution in [0, 0.1) is 0 Å². The molecule has 0 saturated heterocycles. The van der Waals surface area contributed by atoms with Gasteiger partial charge >= 0.3 is 0 Å². The van der Waals surface area contributed by atoms with E-state index in [0.29, 0.717) is 17.3 Å². The topological polar surface area (TPSA) is 44.5 Å². The molecule has 0 aliphatic carbocycles. The molecule has 0 spiro atoms. The monoisotopic (exact) mass is 305 g/mol. The van der Waals surface area contributed by atoms with Crippen LogP contribution >= 0.6 is 11.6 Å². The number of rotatable bonds is 6. The minimum Gasteiger partial charge on any atom is -0.493 e. The summed E-state index contributed by atoms with van der Waals surface area (Å²) in [6.07, 6.45) is 0.720. The second-order valence-corrected chi connectivity index (χ2v) is 5.17. The fourth-order valence-electron chi connectivity index (χ4n) is 2.11. The zero-order chi connectivity index (χ0) is 15.2. The summed E-state index contributed by atoms with van der Waals surface area (Å²) in [6, 6.07) is 13.5. The van der Waals surface area contributed by atoms with E-state index in [9.17, 15) is 0 Å². The number of benzene rings is 2. The molecule has 2 aromatic carbocycles. The van der Waals surface area contributed by atoms with E-state index in [-0.39, 0.29) is 6.10 Å². The lowest BCUT2D eigenvalue weighted by molar-refractivity contribution is 0.204. The molecule has 112 valence electrons. The fraction of sp³-hybridized carbons (Fsp3) is 0.294. The Morgan fingerprint density at radius 3 is 2.38 bits per heavy atom. The molecule has 21 heavy (non-hydrogen) atoms. The van der Waals surface area contributed by atoms with Crippen LogP contribution in [-0.4, -0.2) is 13.7 Å². The maximum Gasteiger partial charge on any atom is 0.162 e. The first-order chi connectivity index (χ1) is 10.2. The van der Waals surface area contributed by atoms with Gasteiger partial charge in [-0.15, -0.1) is 0 Å². The predicted octanol–water partition coefficient (Wildman–Crippen LogP) is 3.99. The van der Waals surface area contributed by atoms with Gasteiger partial charge in [0.15, 0.2) is 11.5 Å². The molecule has 0 aliphatic heterocycles. The summed E-state index contributed by atoms with van der Waals surface area (Å²) >= 11 is 5.91. The molecule has 1 unspecified atom stereocenters. The standard InChI is InChI=1S/C17H20ClNO2/c1-3-12-4-9-15(16(10-12)20-2)21-17(11-19)13-5-7-14(18)8-6-13/h4-10,17H,3,11,19H2,1-2H3. The summed E-state index contributed by atoms with van der Waals surface area (Å²) in [7, 11) is 1.64. The van der Waals surface area contributed by atoms with E-state index < -0.39 is 0 Å². The number of ether oxygens (including phenoxy) is 2. The zero-order valence-corrected chi connectivity index (χ0v) is 13.1. The van der Waals surface area contributed by atoms with Gasteiger partial charge in [0.1, 0.15) is 6.10 Å². The van der Waals surface area contributed by atoms with Gasteiger partial charge in [-0.1, -0.05) is 36.7 Å². The van der Waals surface area contributed by atoms with Crippen LogP contribution in [0.25, 0.3) is 0 Å². The molecule has 0 saturated carbocycles. The molecule has 0 fully saturated rings. The minimum absolute atomic E-state index is 0.233. The Hall–Kier alpha value is -1.71. The Balaban J connectivity index is 2.24. The van der Waals surface area contributed by atoms with Crippen LogP contribution < -0.4 is 15.2 Å². The van der Waals surface area contributed by atoms with E-state index in [1.54, 1.807) is 7.11 Å². The van der Waals surface area contributed by atoms with E-state index >= 15 is 0 Å². The Labute approximate surface area is 130 Å². The molecular formula is C17H20ClNO2. The molecule has 0 bridgehead atoms. The van der Waals surface area contributed by atoms with Crippen molar-refractivity contribution in [1.29, 1.82) is 0 Å². The van der Waals surface area contributed by atoms with Crippen LogP contribution in [0.15, 0.2) is 42.5 Å². The number of hydrogen-bond acceptors (Lipinski definition) is 3. The van der Waals surface area contributed by atoms with Crippen LogP contribution in [0.4, 0.5) is 0 Å². The molecule has 2 N–H and O–H groups in total. The molecule has 0 amide bonds. The second-order valence-electron chi connectivity index (χ2n) is 4.73. The van der Waals surface area contributed by atoms with Crippen molar-refractivity contribution < 1.29 is 9.47 Å². The molecule has 2 rings (SSSR count). The van der Waals surface area contributed by atoms with Gasteiger partial charge in [-0.2, -0.15) is 0 Å². The van der Waals surface area contributed by atoms with Gasteiger partial charge in [0.05, 0.1) is 7.11 Å². The molecule has 0 radical (unpaired) electrons. The number of hydrogen-bond donors (Lipinski definition) is 1. The van der Waals surface area contributed by atoms with E-state index in [1.807, 2.05) is 42.5 Å². The van der Waals surface area contributed by atoms with Crippen molar-refractivity contribution in [2.45, 2.75) is 19.4 Å². The number of aryl methyl sites for hydroxylation is 1. The highest BCUT2D eigenvalue weighted by atomic mass is 35.5. The SMILES string of the molecule is CCc1ccc(OC(CN)c2ccc(Cl)cc2)c(OC)c1. The molecular weight excluding hydrogens is 286 g/mol. The Kier molecular flexibility index (Phi) is 5.48. The first-order valence-corrected chi connectivity index (χ1v) is 7.34. The van der Waals surface area contributed by atoms with E-state index in [1.165, 1.54) is 5.56 Å². The third-order valence-corrected chi connectivity index (χ3v) is 3.61. The lowest BCUT2D eigenvalue weighted by atomic mass is 10.1. The van der Waals surface area contributed by atoms with Crippen molar-refractivity contribution in [2.75, 3.05) is 13.7 Å². The van der Waals surface area contributed by atoms with Crippen molar-refractivity contribution >= 4 is 11.6 Å². The minimum atomic E-state index is -0.233. The lowest BCUT2D eigenvalue weighted by Crippen LogP contribution is -2.18. The van der Waals surface area contributed by atoms with Gasteiger partial charge in [-0.3, -0.25) is 0 Å². The van der Waals surface area contributed by atoms with Gasteiger partial charge < -0.3 is 15.2 Å². The van der Waals surface area contributed by atoms with Crippen LogP contribution in [-0.2, 0) is 6.42 Å². The van der Waals surface area contributed by atoms with Crippen LogP contribution in [0.5, 0.6) is 11.5 Å². The lowest BCUT2D eigenvalue weighted by Gasteiger charge is -2.20. The van der Waals surface area contributed by atoms with Crippen LogP contribution in [0.1, 0.15) is 24.2 Å². The Morgan fingerprint density at radius 2 is 1.81 bits per heavy atom. The van der Waals surface area contributed by atoms with E-state index in [0.717, 1.165) is 17.7 Å². The third kappa shape index (κ3) is 3.90. The molecule has 2 aromatic rings. The van der Waals surface area contributed by atoms with Gasteiger partial charge in [0.2, 0.25) is 0 Å². The first-order valence-electron chi connectivity index (χ1n) is 6.97. The molecule has 0 aromatic heterocycles. The Morgan fingerprint density at radius 1 is 1.10 bits per heavy atom. The summed E-state index contributed by atoms with van der Waals surface area (Å²) < 4.78 is 11.4. The van der Waals surface area contributed by atoms with Crippen molar-refractivity contribution in [1.82, 2.24) is 0 Å². The maximum absolute atomic E-state index is 6.02. The quantitative estimate of drug-likeness (QED) is 0.877. The van der Waals surface area contributed by atoms with Crippen molar-refractivity contribution in [3.63, 3.8) is 0 Å². The highest BCUT2D eigenvalue weighted by Crippen LogP contribution is 2.32. The van der Waals surface area contributed by atoms with Crippen LogP contribution in [0.3, 0.4) is 0 Å². The number of nitrogens with two attached hydrogens (primary N) is 1. The van der Waals surface area contributed by atoms with Gasteiger partial charge in [0.25, 0.3) is 0 Å². The summed E-state index contributed by atoms with van der Waals surface area (Å²) in [6.45, 7) is 2.48. The molecule has 4 heteroatoms. The number of methoxy groups -OCH3 is 1. The fourth-order valence-corrected chi connectivity index (χ4v) is 2.24. The van der Waals surface area contributed by atoms with Gasteiger partial charge in [0, 0.05) is 11.6 Å². The Bertz CT molecular complexity index is 584. The normalized spacial score (nSPS) is 12.0. The van der Waals surface area contributed by atoms with Crippen molar-refractivity contribution in [3.8, 4) is 11.5 Å². The predicted molar refractivity (Wildman–Crippen MR) is 86.2 cm³/mol. The highest BCUT2D eigenvalue weighted by Gasteiger charge is 2.14. The van der Waals surface area contributed by atoms with E-state index in [2.05, 4.69) is 6.92 Å². The van der Waals surface area contributed by atoms with Crippen LogP contribution in [0.2, 0.25) is 5.02 Å². The average Bonchev–Trinajstić information content (AvgIpc) is 2.53. The zero-order valence-electron chi connectivity index (χ0n) is 12.3. The summed E-state index contributed by atoms with van der Waals surface area (Å²) in [4.78, 5) is 0. The average molecular weight is 306 g/mol. The molecule has 1 atom stereocenters. The molecule has 3 nitrogen and oxygen atoms in total. The van der Waals surface area contributed by atoms with E-state index in [4.69, 9.17) is 26.8 Å². The summed E-state index contributed by atoms with van der Waals surface area (Å²) in [5.74, 6) is 1.42. The van der Waals surface area contributed by atoms with Gasteiger partial charge in [-0.25, -0.2) is 0 Å². The second kappa shape index (κ2) is 7.34. The summed E-state index contributed by atoms with van der Waals surface area (Å²) in [5, 5.41) is 0.694. The smallest absolute Gasteiger partial charge is 0.162 e.